The number of carbonyl (C=O) groups is 2. The summed E-state index contributed by atoms with van der Waals surface area (Å²) in [6.45, 7) is 4.89. The Labute approximate surface area is 233 Å². The number of nitrogens with zero attached hydrogens (tertiary/aromatic N) is 1. The lowest BCUT2D eigenvalue weighted by molar-refractivity contribution is -0.155. The number of hydrazine groups is 1. The van der Waals surface area contributed by atoms with Crippen LogP contribution >= 0.6 is 0 Å². The number of aliphatic imine (C=N–C) groups is 1. The largest absolute Gasteiger partial charge is 0.497 e. The Kier molecular flexibility index (Phi) is 10.9. The SMILES string of the molecule is COc1cccc([C@@H]2OC(c3ccc(OCCCO)cc3)=N[C@]2(CCC(=O)OC(C)(C)C)C(=O)NNCCF)c1. The molecule has 0 radical (unpaired) electrons. The molecule has 2 atom stereocenters. The summed E-state index contributed by atoms with van der Waals surface area (Å²) in [5, 5.41) is 8.97. The third kappa shape index (κ3) is 8.15. The molecule has 3 rings (SSSR count). The maximum absolute atomic E-state index is 13.7. The highest BCUT2D eigenvalue weighted by Gasteiger charge is 2.53. The Balaban J connectivity index is 2.02. The van der Waals surface area contributed by atoms with E-state index in [2.05, 4.69) is 10.9 Å². The number of halogens is 1. The van der Waals surface area contributed by atoms with E-state index in [-0.39, 0.29) is 31.9 Å². The van der Waals surface area contributed by atoms with Gasteiger partial charge in [-0.3, -0.25) is 15.0 Å². The summed E-state index contributed by atoms with van der Waals surface area (Å²) in [7, 11) is 1.53. The van der Waals surface area contributed by atoms with Crippen molar-refractivity contribution in [1.82, 2.24) is 10.9 Å². The number of ether oxygens (including phenoxy) is 4. The Hall–Kier alpha value is -3.70. The molecule has 0 bridgehead atoms. The van der Waals surface area contributed by atoms with Gasteiger partial charge in [0.1, 0.15) is 23.8 Å². The van der Waals surface area contributed by atoms with E-state index in [4.69, 9.17) is 29.0 Å². The fourth-order valence-electron chi connectivity index (χ4n) is 4.16. The van der Waals surface area contributed by atoms with Crippen molar-refractivity contribution in [2.24, 2.45) is 4.99 Å². The lowest BCUT2D eigenvalue weighted by Gasteiger charge is -2.31. The number of methoxy groups -OCH3 is 1. The first-order chi connectivity index (χ1) is 19.1. The lowest BCUT2D eigenvalue weighted by Crippen LogP contribution is -2.53. The van der Waals surface area contributed by atoms with Gasteiger partial charge in [-0.05, 0) is 69.2 Å². The number of amides is 1. The van der Waals surface area contributed by atoms with Gasteiger partial charge in [0.25, 0.3) is 5.91 Å². The summed E-state index contributed by atoms with van der Waals surface area (Å²) in [6.07, 6.45) is -0.594. The van der Waals surface area contributed by atoms with Crippen molar-refractivity contribution < 1.29 is 38.0 Å². The molecule has 0 aromatic heterocycles. The number of alkyl halides is 1. The third-order valence-electron chi connectivity index (χ3n) is 5.98. The first kappa shape index (κ1) is 30.8. The van der Waals surface area contributed by atoms with Crippen LogP contribution in [-0.2, 0) is 19.1 Å². The minimum atomic E-state index is -1.60. The predicted octanol–water partition coefficient (Wildman–Crippen LogP) is 3.43. The number of benzene rings is 2. The van der Waals surface area contributed by atoms with E-state index >= 15 is 0 Å². The molecule has 0 fully saturated rings. The van der Waals surface area contributed by atoms with Gasteiger partial charge in [0.15, 0.2) is 11.6 Å². The summed E-state index contributed by atoms with van der Waals surface area (Å²) in [6, 6.07) is 14.0. The van der Waals surface area contributed by atoms with E-state index in [9.17, 15) is 14.0 Å². The van der Waals surface area contributed by atoms with Crippen LogP contribution in [0.2, 0.25) is 0 Å². The Morgan fingerprint density at radius 2 is 1.90 bits per heavy atom. The van der Waals surface area contributed by atoms with E-state index in [1.165, 1.54) is 7.11 Å². The molecule has 2 aromatic carbocycles. The fourth-order valence-corrected chi connectivity index (χ4v) is 4.16. The smallest absolute Gasteiger partial charge is 0.306 e. The third-order valence-corrected chi connectivity index (χ3v) is 5.98. The predicted molar refractivity (Wildman–Crippen MR) is 147 cm³/mol. The molecule has 0 spiro atoms. The van der Waals surface area contributed by atoms with Crippen LogP contribution in [0.4, 0.5) is 4.39 Å². The molecule has 1 heterocycles. The van der Waals surface area contributed by atoms with Crippen molar-refractivity contribution in [1.29, 1.82) is 0 Å². The molecule has 1 aliphatic heterocycles. The second kappa shape index (κ2) is 14.1. The van der Waals surface area contributed by atoms with Gasteiger partial charge in [-0.2, -0.15) is 0 Å². The molecule has 0 saturated carbocycles. The van der Waals surface area contributed by atoms with Crippen molar-refractivity contribution in [2.75, 3.05) is 33.5 Å². The van der Waals surface area contributed by atoms with Gasteiger partial charge in [0.2, 0.25) is 5.90 Å². The maximum atomic E-state index is 13.7. The van der Waals surface area contributed by atoms with Crippen LogP contribution in [0.5, 0.6) is 11.5 Å². The molecule has 1 amide bonds. The number of nitrogens with one attached hydrogen (secondary N) is 2. The molecular formula is C29H38FN3O7. The molecular weight excluding hydrogens is 521 g/mol. The molecule has 40 heavy (non-hydrogen) atoms. The molecule has 3 N–H and O–H groups in total. The highest BCUT2D eigenvalue weighted by Crippen LogP contribution is 2.44. The number of aliphatic hydroxyl groups is 1. The summed E-state index contributed by atoms with van der Waals surface area (Å²) in [5.74, 6) is 0.269. The second-order valence-corrected chi connectivity index (χ2v) is 10.2. The molecule has 2 aromatic rings. The van der Waals surface area contributed by atoms with Gasteiger partial charge in [0, 0.05) is 31.6 Å². The molecule has 218 valence electrons. The second-order valence-electron chi connectivity index (χ2n) is 10.2. The molecule has 11 heteroatoms. The lowest BCUT2D eigenvalue weighted by atomic mass is 9.83. The van der Waals surface area contributed by atoms with Crippen molar-refractivity contribution in [3.05, 3.63) is 59.7 Å². The van der Waals surface area contributed by atoms with E-state index in [0.29, 0.717) is 35.7 Å². The van der Waals surface area contributed by atoms with Crippen molar-refractivity contribution >= 4 is 17.8 Å². The minimum absolute atomic E-state index is 0.0298. The average Bonchev–Trinajstić information content (AvgIpc) is 3.33. The van der Waals surface area contributed by atoms with Crippen LogP contribution in [0.15, 0.2) is 53.5 Å². The number of hydrogen-bond donors (Lipinski definition) is 3. The van der Waals surface area contributed by atoms with E-state index < -0.39 is 35.8 Å². The standard InChI is InChI=1S/C29H38FN3O7/c1-28(2,3)40-24(35)13-14-29(27(36)33-31-16-15-30)25(21-7-5-8-23(19-21)37-4)39-26(32-29)20-9-11-22(12-10-20)38-18-6-17-34/h5,7-12,19,25,31,34H,6,13-18H2,1-4H3,(H,33,36)/t25-,29-/m0/s1. The summed E-state index contributed by atoms with van der Waals surface area (Å²) in [5.41, 5.74) is 3.99. The molecule has 1 aliphatic rings. The quantitative estimate of drug-likeness (QED) is 0.183. The normalized spacial score (nSPS) is 18.4. The van der Waals surface area contributed by atoms with Gasteiger partial charge in [-0.15, -0.1) is 0 Å². The van der Waals surface area contributed by atoms with Gasteiger partial charge >= 0.3 is 5.97 Å². The van der Waals surface area contributed by atoms with Gasteiger partial charge in [0.05, 0.1) is 13.7 Å². The number of aliphatic hydroxyl groups excluding tert-OH is 1. The van der Waals surface area contributed by atoms with Gasteiger partial charge in [-0.1, -0.05) is 12.1 Å². The van der Waals surface area contributed by atoms with E-state index in [0.717, 1.165) is 0 Å². The van der Waals surface area contributed by atoms with Crippen LogP contribution in [0.25, 0.3) is 0 Å². The number of hydrogen-bond acceptors (Lipinski definition) is 9. The zero-order valence-corrected chi connectivity index (χ0v) is 23.4. The Bertz CT molecular complexity index is 1170. The summed E-state index contributed by atoms with van der Waals surface area (Å²) >= 11 is 0. The van der Waals surface area contributed by atoms with E-state index in [1.54, 1.807) is 69.3 Å². The van der Waals surface area contributed by atoms with Gasteiger partial charge in [-0.25, -0.2) is 14.8 Å². The topological polar surface area (TPSA) is 128 Å². The number of esters is 1. The zero-order chi connectivity index (χ0) is 29.2. The highest BCUT2D eigenvalue weighted by atomic mass is 19.1. The Morgan fingerprint density at radius 1 is 1.15 bits per heavy atom. The number of carbonyl (C=O) groups excluding carboxylic acids is 2. The van der Waals surface area contributed by atoms with Crippen molar-refractivity contribution in [3.8, 4) is 11.5 Å². The minimum Gasteiger partial charge on any atom is -0.497 e. The van der Waals surface area contributed by atoms with Crippen LogP contribution in [0, 0.1) is 0 Å². The van der Waals surface area contributed by atoms with Gasteiger partial charge < -0.3 is 24.1 Å². The molecule has 0 aliphatic carbocycles. The summed E-state index contributed by atoms with van der Waals surface area (Å²) in [4.78, 5) is 31.3. The highest BCUT2D eigenvalue weighted by molar-refractivity contribution is 6.01. The van der Waals surface area contributed by atoms with Crippen LogP contribution in [0.3, 0.4) is 0 Å². The van der Waals surface area contributed by atoms with Crippen molar-refractivity contribution in [2.45, 2.75) is 57.3 Å². The van der Waals surface area contributed by atoms with Crippen LogP contribution in [-0.4, -0.2) is 67.6 Å². The van der Waals surface area contributed by atoms with E-state index in [1.807, 2.05) is 0 Å². The molecule has 0 saturated heterocycles. The molecule has 10 nitrogen and oxygen atoms in total. The first-order valence-corrected chi connectivity index (χ1v) is 13.2. The zero-order valence-electron chi connectivity index (χ0n) is 23.4. The number of rotatable bonds is 14. The van der Waals surface area contributed by atoms with Crippen LogP contribution < -0.4 is 20.3 Å². The monoisotopic (exact) mass is 559 g/mol. The average molecular weight is 560 g/mol. The van der Waals surface area contributed by atoms with Crippen LogP contribution in [0.1, 0.15) is 57.3 Å². The molecule has 0 unspecified atom stereocenters. The first-order valence-electron chi connectivity index (χ1n) is 13.2. The maximum Gasteiger partial charge on any atom is 0.306 e. The summed E-state index contributed by atoms with van der Waals surface area (Å²) < 4.78 is 35.6. The van der Waals surface area contributed by atoms with Crippen molar-refractivity contribution in [3.63, 3.8) is 0 Å². The Morgan fingerprint density at radius 3 is 2.55 bits per heavy atom. The fraction of sp³-hybridized carbons (Fsp3) is 0.483.